The first-order valence-electron chi connectivity index (χ1n) is 10.7. The summed E-state index contributed by atoms with van der Waals surface area (Å²) in [6.07, 6.45) is 0. The number of hydrogen-bond donors (Lipinski definition) is 0. The smallest absolute Gasteiger partial charge is 0.170 e. The summed E-state index contributed by atoms with van der Waals surface area (Å²) in [6.45, 7) is 11.7. The fourth-order valence-corrected chi connectivity index (χ4v) is 5.71. The Morgan fingerprint density at radius 3 is 1.94 bits per heavy atom. The molecule has 0 aromatic heterocycles. The number of rotatable bonds is 6. The summed E-state index contributed by atoms with van der Waals surface area (Å²) < 4.78 is 10.6. The summed E-state index contributed by atoms with van der Waals surface area (Å²) in [5, 5.41) is 0. The van der Waals surface area contributed by atoms with Gasteiger partial charge in [0.25, 0.3) is 0 Å². The highest BCUT2D eigenvalue weighted by Crippen LogP contribution is 2.69. The predicted molar refractivity (Wildman–Crippen MR) is 124 cm³/mol. The van der Waals surface area contributed by atoms with E-state index in [9.17, 15) is 9.59 Å². The fourth-order valence-electron chi connectivity index (χ4n) is 5.71. The number of carbonyl (C=O) groups excluding carboxylic acids is 2. The van der Waals surface area contributed by atoms with Crippen molar-refractivity contribution in [1.29, 1.82) is 0 Å². The lowest BCUT2D eigenvalue weighted by Crippen LogP contribution is -2.37. The summed E-state index contributed by atoms with van der Waals surface area (Å²) in [4.78, 5) is 27.4. The van der Waals surface area contributed by atoms with Crippen LogP contribution >= 0.6 is 0 Å². The Labute approximate surface area is 189 Å². The maximum atomic E-state index is 13.8. The zero-order valence-corrected chi connectivity index (χ0v) is 19.0. The molecule has 2 fully saturated rings. The van der Waals surface area contributed by atoms with Crippen molar-refractivity contribution in [3.63, 3.8) is 0 Å². The normalized spacial score (nSPS) is 28.4. The van der Waals surface area contributed by atoms with Crippen molar-refractivity contribution in [3.05, 3.63) is 89.7 Å². The fraction of sp³-hybridized carbons (Fsp3) is 0.321. The van der Waals surface area contributed by atoms with Gasteiger partial charge in [-0.3, -0.25) is 9.59 Å². The van der Waals surface area contributed by atoms with Gasteiger partial charge in [0.1, 0.15) is 17.3 Å². The van der Waals surface area contributed by atoms with E-state index in [4.69, 9.17) is 9.47 Å². The van der Waals surface area contributed by atoms with E-state index in [2.05, 4.69) is 18.9 Å². The molecule has 0 aliphatic heterocycles. The maximum absolute atomic E-state index is 13.8. The number of Topliss-reactive ketones (excluding diaryl/α,β-unsaturated/α-hetero) is 2. The van der Waals surface area contributed by atoms with Crippen LogP contribution in [0.3, 0.4) is 0 Å². The van der Waals surface area contributed by atoms with E-state index in [1.807, 2.05) is 55.5 Å². The van der Waals surface area contributed by atoms with Gasteiger partial charge in [0, 0.05) is 29.2 Å². The average molecular weight is 429 g/mol. The summed E-state index contributed by atoms with van der Waals surface area (Å²) in [6, 6.07) is 15.3. The van der Waals surface area contributed by atoms with E-state index >= 15 is 0 Å². The van der Waals surface area contributed by atoms with Crippen LogP contribution in [0.25, 0.3) is 0 Å². The molecule has 2 aliphatic carbocycles. The molecule has 2 aromatic rings. The van der Waals surface area contributed by atoms with E-state index in [-0.39, 0.29) is 23.4 Å². The molecule has 164 valence electrons. The van der Waals surface area contributed by atoms with Gasteiger partial charge in [-0.2, -0.15) is 0 Å². The van der Waals surface area contributed by atoms with Crippen LogP contribution in [-0.4, -0.2) is 25.8 Å². The van der Waals surface area contributed by atoms with Gasteiger partial charge in [-0.05, 0) is 49.2 Å². The molecule has 0 spiro atoms. The van der Waals surface area contributed by atoms with Gasteiger partial charge in [-0.15, -0.1) is 5.73 Å². The van der Waals surface area contributed by atoms with Crippen LogP contribution in [-0.2, 0) is 9.59 Å². The van der Waals surface area contributed by atoms with E-state index in [0.717, 1.165) is 28.2 Å². The average Bonchev–Trinajstić information content (AvgIpc) is 3.17. The van der Waals surface area contributed by atoms with Gasteiger partial charge < -0.3 is 9.47 Å². The monoisotopic (exact) mass is 428 g/mol. The van der Waals surface area contributed by atoms with Gasteiger partial charge in [-0.25, -0.2) is 0 Å². The Hall–Kier alpha value is -3.36. The highest BCUT2D eigenvalue weighted by Gasteiger charge is 2.69. The Morgan fingerprint density at radius 1 is 0.969 bits per heavy atom. The molecule has 0 amide bonds. The minimum Gasteiger partial charge on any atom is -0.497 e. The minimum atomic E-state index is -0.842. The lowest BCUT2D eigenvalue weighted by Gasteiger charge is -2.40. The highest BCUT2D eigenvalue weighted by molar-refractivity contribution is 6.08. The molecule has 0 saturated heterocycles. The molecule has 0 unspecified atom stereocenters. The molecule has 2 saturated carbocycles. The third-order valence-electron chi connectivity index (χ3n) is 7.47. The number of fused-ring (bicyclic) bond motifs is 2. The molecule has 0 radical (unpaired) electrons. The largest absolute Gasteiger partial charge is 0.497 e. The Balaban J connectivity index is 1.87. The molecule has 2 aromatic carbocycles. The molecule has 32 heavy (non-hydrogen) atoms. The van der Waals surface area contributed by atoms with Crippen molar-refractivity contribution in [2.24, 2.45) is 17.3 Å². The number of hydrogen-bond acceptors (Lipinski definition) is 4. The quantitative estimate of drug-likeness (QED) is 0.358. The van der Waals surface area contributed by atoms with Gasteiger partial charge in [0.2, 0.25) is 0 Å². The van der Waals surface area contributed by atoms with Gasteiger partial charge >= 0.3 is 0 Å². The first kappa shape index (κ1) is 21.9. The van der Waals surface area contributed by atoms with Crippen molar-refractivity contribution < 1.29 is 19.1 Å². The summed E-state index contributed by atoms with van der Waals surface area (Å²) in [7, 11) is 3.23. The second-order valence-corrected chi connectivity index (χ2v) is 8.81. The number of carbonyl (C=O) groups is 2. The van der Waals surface area contributed by atoms with Crippen LogP contribution in [0.4, 0.5) is 0 Å². The van der Waals surface area contributed by atoms with Crippen LogP contribution in [0, 0.1) is 17.3 Å². The minimum absolute atomic E-state index is 0.0751. The van der Waals surface area contributed by atoms with Crippen LogP contribution in [0.5, 0.6) is 11.5 Å². The topological polar surface area (TPSA) is 52.6 Å². The molecular formula is C28H28O4. The SMILES string of the molecule is C=C=C(C)C(=O)[C@H]1[C@@H]2C(=O)[C@](C)(C(=C)[C@H]2c2ccc(OC)cc2)[C@@H]1c1ccc(OC)cc1. The third kappa shape index (κ3) is 2.98. The second-order valence-electron chi connectivity index (χ2n) is 8.81. The molecule has 2 aliphatic rings. The van der Waals surface area contributed by atoms with Gasteiger partial charge in [-0.1, -0.05) is 43.0 Å². The Kier molecular flexibility index (Phi) is 5.44. The first-order chi connectivity index (χ1) is 15.3. The van der Waals surface area contributed by atoms with Crippen LogP contribution in [0.15, 0.2) is 78.6 Å². The summed E-state index contributed by atoms with van der Waals surface area (Å²) in [5.74, 6) is -0.0319. The number of benzene rings is 2. The molecule has 5 atom stereocenters. The molecule has 4 nitrogen and oxygen atoms in total. The van der Waals surface area contributed by atoms with Crippen molar-refractivity contribution >= 4 is 11.6 Å². The lowest BCUT2D eigenvalue weighted by molar-refractivity contribution is -0.127. The maximum Gasteiger partial charge on any atom is 0.170 e. The third-order valence-corrected chi connectivity index (χ3v) is 7.47. The Bertz CT molecular complexity index is 1130. The highest BCUT2D eigenvalue weighted by atomic mass is 16.5. The van der Waals surface area contributed by atoms with Crippen molar-refractivity contribution in [2.75, 3.05) is 14.2 Å². The standard InChI is InChI=1S/C28H28O4/c1-7-16(2)26(29)24-23-22(18-8-12-20(31-5)13-9-18)17(3)28(4,27(23)30)25(24)19-10-14-21(32-6)15-11-19/h8-15,22-25H,1,3H2,2,4-6H3/t22-,23+,24-,25+,28+/m0/s1. The summed E-state index contributed by atoms with van der Waals surface area (Å²) in [5.41, 5.74) is 5.14. The van der Waals surface area contributed by atoms with Crippen molar-refractivity contribution in [2.45, 2.75) is 25.7 Å². The zero-order valence-electron chi connectivity index (χ0n) is 19.0. The first-order valence-corrected chi connectivity index (χ1v) is 10.7. The molecule has 4 rings (SSSR count). The number of methoxy groups -OCH3 is 2. The van der Waals surface area contributed by atoms with Crippen molar-refractivity contribution in [3.8, 4) is 11.5 Å². The number of ketones is 2. The van der Waals surface area contributed by atoms with Crippen LogP contribution in [0.1, 0.15) is 36.8 Å². The summed E-state index contributed by atoms with van der Waals surface area (Å²) >= 11 is 0. The van der Waals surface area contributed by atoms with Crippen LogP contribution in [0.2, 0.25) is 0 Å². The molecule has 4 heteroatoms. The lowest BCUT2D eigenvalue weighted by atomic mass is 9.60. The van der Waals surface area contributed by atoms with Crippen molar-refractivity contribution in [1.82, 2.24) is 0 Å². The van der Waals surface area contributed by atoms with Gasteiger partial charge in [0.15, 0.2) is 5.78 Å². The Morgan fingerprint density at radius 2 is 1.47 bits per heavy atom. The predicted octanol–water partition coefficient (Wildman–Crippen LogP) is 5.26. The number of allylic oxidation sites excluding steroid dienone is 2. The van der Waals surface area contributed by atoms with E-state index in [1.165, 1.54) is 0 Å². The van der Waals surface area contributed by atoms with Gasteiger partial charge in [0.05, 0.1) is 19.6 Å². The van der Waals surface area contributed by atoms with E-state index in [1.54, 1.807) is 21.1 Å². The molecule has 2 bridgehead atoms. The van der Waals surface area contributed by atoms with E-state index in [0.29, 0.717) is 5.57 Å². The van der Waals surface area contributed by atoms with E-state index < -0.39 is 17.3 Å². The second kappa shape index (κ2) is 7.96. The number of ether oxygens (including phenoxy) is 2. The molecule has 0 heterocycles. The van der Waals surface area contributed by atoms with Crippen LogP contribution < -0.4 is 9.47 Å². The zero-order chi connectivity index (χ0) is 23.2. The molecule has 0 N–H and O–H groups in total. The molecular weight excluding hydrogens is 400 g/mol.